The van der Waals surface area contributed by atoms with Gasteiger partial charge in [-0.1, -0.05) is 67.3 Å². The minimum atomic E-state index is -1.58. The minimum Gasteiger partial charge on any atom is -0.490 e. The highest BCUT2D eigenvalue weighted by Crippen LogP contribution is 2.56. The van der Waals surface area contributed by atoms with Crippen LogP contribution < -0.4 is 15.3 Å². The van der Waals surface area contributed by atoms with E-state index in [4.69, 9.17) is 4.74 Å². The summed E-state index contributed by atoms with van der Waals surface area (Å²) in [6.45, 7) is 4.75. The van der Waals surface area contributed by atoms with Crippen LogP contribution in [0.3, 0.4) is 0 Å². The summed E-state index contributed by atoms with van der Waals surface area (Å²) in [6, 6.07) is 31.8. The van der Waals surface area contributed by atoms with Crippen LogP contribution in [0.25, 0.3) is 0 Å². The number of benzene rings is 3. The van der Waals surface area contributed by atoms with Crippen LogP contribution in [0.1, 0.15) is 0 Å². The molecule has 0 atom stereocenters. The van der Waals surface area contributed by atoms with Crippen LogP contribution in [0.2, 0.25) is 0 Å². The lowest BCUT2D eigenvalue weighted by Crippen LogP contribution is -2.29. The van der Waals surface area contributed by atoms with Crippen LogP contribution in [0.5, 0.6) is 5.75 Å². The van der Waals surface area contributed by atoms with Gasteiger partial charge in [-0.3, -0.25) is 0 Å². The van der Waals surface area contributed by atoms with E-state index in [0.717, 1.165) is 18.1 Å². The second-order valence-electron chi connectivity index (χ2n) is 6.00. The molecule has 0 spiro atoms. The zero-order valence-corrected chi connectivity index (χ0v) is 15.3. The zero-order valence-electron chi connectivity index (χ0n) is 14.4. The summed E-state index contributed by atoms with van der Waals surface area (Å²) in [5.74, 6) is 0.931. The van der Waals surface area contributed by atoms with Gasteiger partial charge in [0.05, 0.1) is 24.0 Å². The SMILES string of the molecule is C=CC[P+](CCOc1ccccc1)(c1ccccc1)c1ccccc1. The lowest BCUT2D eigenvalue weighted by Gasteiger charge is -2.26. The third-order valence-corrected chi connectivity index (χ3v) is 8.83. The first kappa shape index (κ1) is 17.5. The molecule has 0 saturated heterocycles. The Morgan fingerprint density at radius 3 is 1.68 bits per heavy atom. The summed E-state index contributed by atoms with van der Waals surface area (Å²) in [5.41, 5.74) is 0. The molecule has 0 bridgehead atoms. The molecule has 0 N–H and O–H groups in total. The summed E-state index contributed by atoms with van der Waals surface area (Å²) in [5, 5.41) is 2.83. The van der Waals surface area contributed by atoms with Gasteiger partial charge in [-0.25, -0.2) is 0 Å². The Bertz CT molecular complexity index is 729. The van der Waals surface area contributed by atoms with Crippen molar-refractivity contribution in [2.45, 2.75) is 0 Å². The summed E-state index contributed by atoms with van der Waals surface area (Å²) < 4.78 is 6.04. The number of para-hydroxylation sites is 1. The van der Waals surface area contributed by atoms with E-state index in [1.54, 1.807) is 0 Å². The Morgan fingerprint density at radius 1 is 0.720 bits per heavy atom. The van der Waals surface area contributed by atoms with Crippen LogP contribution in [-0.4, -0.2) is 18.9 Å². The summed E-state index contributed by atoms with van der Waals surface area (Å²) in [4.78, 5) is 0. The van der Waals surface area contributed by atoms with Gasteiger partial charge in [0.1, 0.15) is 18.5 Å². The van der Waals surface area contributed by atoms with Crippen LogP contribution in [0, 0.1) is 0 Å². The van der Waals surface area contributed by atoms with E-state index in [-0.39, 0.29) is 0 Å². The van der Waals surface area contributed by atoms with Gasteiger partial charge in [0.15, 0.2) is 0 Å². The molecule has 3 aromatic carbocycles. The smallest absolute Gasteiger partial charge is 0.122 e. The maximum Gasteiger partial charge on any atom is 0.122 e. The lowest BCUT2D eigenvalue weighted by molar-refractivity contribution is 0.343. The largest absolute Gasteiger partial charge is 0.490 e. The Labute approximate surface area is 151 Å². The van der Waals surface area contributed by atoms with Crippen LogP contribution in [0.4, 0.5) is 0 Å². The molecular weight excluding hydrogens is 323 g/mol. The monoisotopic (exact) mass is 347 g/mol. The second kappa shape index (κ2) is 8.65. The molecule has 0 heterocycles. The first-order valence-corrected chi connectivity index (χ1v) is 10.8. The van der Waals surface area contributed by atoms with Gasteiger partial charge in [-0.15, -0.1) is 0 Å². The fraction of sp³-hybridized carbons (Fsp3) is 0.130. The van der Waals surface area contributed by atoms with Crippen molar-refractivity contribution in [3.05, 3.63) is 104 Å². The van der Waals surface area contributed by atoms with Gasteiger partial charge in [0.2, 0.25) is 0 Å². The van der Waals surface area contributed by atoms with Crippen molar-refractivity contribution in [3.8, 4) is 5.75 Å². The van der Waals surface area contributed by atoms with E-state index >= 15 is 0 Å². The molecule has 0 saturated carbocycles. The van der Waals surface area contributed by atoms with E-state index in [9.17, 15) is 0 Å². The molecule has 0 amide bonds. The van der Waals surface area contributed by atoms with Crippen molar-refractivity contribution in [1.29, 1.82) is 0 Å². The number of rotatable bonds is 8. The number of ether oxygens (including phenoxy) is 1. The maximum absolute atomic E-state index is 6.04. The molecule has 3 rings (SSSR count). The van der Waals surface area contributed by atoms with Crippen molar-refractivity contribution in [2.24, 2.45) is 0 Å². The Balaban J connectivity index is 1.91. The lowest BCUT2D eigenvalue weighted by atomic mass is 10.3. The molecule has 25 heavy (non-hydrogen) atoms. The van der Waals surface area contributed by atoms with Crippen LogP contribution >= 0.6 is 7.26 Å². The fourth-order valence-corrected chi connectivity index (χ4v) is 6.94. The maximum atomic E-state index is 6.04. The quantitative estimate of drug-likeness (QED) is 0.415. The molecule has 0 aliphatic carbocycles. The fourth-order valence-electron chi connectivity index (χ4n) is 3.19. The van der Waals surface area contributed by atoms with E-state index in [2.05, 4.69) is 73.3 Å². The molecule has 2 heteroatoms. The summed E-state index contributed by atoms with van der Waals surface area (Å²) in [6.07, 6.45) is 4.05. The van der Waals surface area contributed by atoms with Gasteiger partial charge in [-0.05, 0) is 36.4 Å². The van der Waals surface area contributed by atoms with Gasteiger partial charge >= 0.3 is 0 Å². The average Bonchev–Trinajstić information content (AvgIpc) is 2.69. The van der Waals surface area contributed by atoms with Crippen LogP contribution in [-0.2, 0) is 0 Å². The van der Waals surface area contributed by atoms with Gasteiger partial charge in [0, 0.05) is 0 Å². The van der Waals surface area contributed by atoms with Crippen molar-refractivity contribution in [1.82, 2.24) is 0 Å². The van der Waals surface area contributed by atoms with E-state index in [1.807, 2.05) is 30.3 Å². The summed E-state index contributed by atoms with van der Waals surface area (Å²) in [7, 11) is -1.58. The standard InChI is InChI=1S/C23H24OP/c1-2-19-25(22-14-8-4-9-15-22,23-16-10-5-11-17-23)20-18-24-21-12-6-3-7-13-21/h2-17H,1,18-20H2/q+1. The van der Waals surface area contributed by atoms with Gasteiger partial charge in [-0.2, -0.15) is 0 Å². The molecule has 1 nitrogen and oxygen atoms in total. The zero-order chi connectivity index (χ0) is 17.4. The molecule has 3 aromatic rings. The Kier molecular flexibility index (Phi) is 6.04. The number of hydrogen-bond donors (Lipinski definition) is 0. The molecule has 0 radical (unpaired) electrons. The molecule has 0 aromatic heterocycles. The highest BCUT2D eigenvalue weighted by molar-refractivity contribution is 7.89. The molecule has 0 fully saturated rings. The molecular formula is C23H24OP+. The molecule has 0 aliphatic rings. The van der Waals surface area contributed by atoms with E-state index in [1.165, 1.54) is 10.6 Å². The molecule has 0 aliphatic heterocycles. The molecule has 0 unspecified atom stereocenters. The number of hydrogen-bond acceptors (Lipinski definition) is 1. The van der Waals surface area contributed by atoms with Crippen molar-refractivity contribution in [3.63, 3.8) is 0 Å². The summed E-state index contributed by atoms with van der Waals surface area (Å²) >= 11 is 0. The predicted molar refractivity (Wildman–Crippen MR) is 111 cm³/mol. The highest BCUT2D eigenvalue weighted by Gasteiger charge is 2.41. The van der Waals surface area contributed by atoms with Crippen LogP contribution in [0.15, 0.2) is 104 Å². The highest BCUT2D eigenvalue weighted by atomic mass is 31.2. The van der Waals surface area contributed by atoms with Gasteiger partial charge in [0.25, 0.3) is 0 Å². The third kappa shape index (κ3) is 4.18. The average molecular weight is 347 g/mol. The van der Waals surface area contributed by atoms with Crippen molar-refractivity contribution in [2.75, 3.05) is 18.9 Å². The Morgan fingerprint density at radius 2 is 1.20 bits per heavy atom. The van der Waals surface area contributed by atoms with E-state index in [0.29, 0.717) is 6.61 Å². The minimum absolute atomic E-state index is 0.704. The van der Waals surface area contributed by atoms with Gasteiger partial charge < -0.3 is 4.74 Å². The Hall–Kier alpha value is -2.37. The van der Waals surface area contributed by atoms with Crippen molar-refractivity contribution >= 4 is 17.9 Å². The predicted octanol–water partition coefficient (Wildman–Crippen LogP) is 4.92. The topological polar surface area (TPSA) is 9.23 Å². The number of allylic oxidation sites excluding steroid dienone is 1. The first-order chi connectivity index (χ1) is 12.3. The third-order valence-electron chi connectivity index (χ3n) is 4.43. The van der Waals surface area contributed by atoms with E-state index < -0.39 is 7.26 Å². The second-order valence-corrected chi connectivity index (χ2v) is 9.78. The first-order valence-electron chi connectivity index (χ1n) is 8.62. The van der Waals surface area contributed by atoms with Crippen molar-refractivity contribution < 1.29 is 4.74 Å². The normalized spacial score (nSPS) is 11.0. The molecule has 126 valence electrons.